The molecule has 0 aliphatic rings. The summed E-state index contributed by atoms with van der Waals surface area (Å²) < 4.78 is 40.5. The first-order valence-corrected chi connectivity index (χ1v) is 12.9. The van der Waals surface area contributed by atoms with Gasteiger partial charge in [-0.3, -0.25) is 4.72 Å². The average Bonchev–Trinajstić information content (AvgIpc) is 3.32. The molecule has 2 aromatic heterocycles. The Morgan fingerprint density at radius 3 is 2.27 bits per heavy atom. The van der Waals surface area contributed by atoms with Gasteiger partial charge >= 0.3 is 0 Å². The lowest BCUT2D eigenvalue weighted by Gasteiger charge is -2.11. The Hall–Kier alpha value is -4.57. The first kappa shape index (κ1) is 24.1. The first-order valence-electron chi connectivity index (χ1n) is 11.4. The number of sulfonamides is 1. The zero-order chi connectivity index (χ0) is 26.0. The molecule has 10 heteroatoms. The monoisotopic (exact) mass is 515 g/mol. The van der Waals surface area contributed by atoms with Gasteiger partial charge in [0.25, 0.3) is 10.0 Å². The minimum absolute atomic E-state index is 0.211. The summed E-state index contributed by atoms with van der Waals surface area (Å²) in [6.07, 6.45) is 3.56. The van der Waals surface area contributed by atoms with Crippen LogP contribution in [0.25, 0.3) is 16.8 Å². The second-order valence-electron chi connectivity index (χ2n) is 8.33. The molecule has 3 aromatic carbocycles. The fraction of sp³-hybridized carbons (Fsp3) is 0.111. The SMILES string of the molecule is COc1ccc(-c2cnn3ccc(Nc4ccc(NS(=O)(=O)c5ccc(C)cc5)cc4)nc23)c(OC)c1. The van der Waals surface area contributed by atoms with Gasteiger partial charge in [0.05, 0.1) is 30.9 Å². The van der Waals surface area contributed by atoms with Gasteiger partial charge < -0.3 is 14.8 Å². The molecule has 0 amide bonds. The maximum atomic E-state index is 12.7. The normalized spacial score (nSPS) is 11.3. The molecule has 5 rings (SSSR count). The summed E-state index contributed by atoms with van der Waals surface area (Å²) in [4.78, 5) is 4.96. The van der Waals surface area contributed by atoms with Crippen LogP contribution in [0.2, 0.25) is 0 Å². The summed E-state index contributed by atoms with van der Waals surface area (Å²) in [5.74, 6) is 1.95. The van der Waals surface area contributed by atoms with Gasteiger partial charge in [-0.15, -0.1) is 0 Å². The fourth-order valence-corrected chi connectivity index (χ4v) is 4.91. The van der Waals surface area contributed by atoms with E-state index < -0.39 is 10.0 Å². The number of methoxy groups -OCH3 is 2. The molecular formula is C27H25N5O4S. The van der Waals surface area contributed by atoms with Crippen LogP contribution in [0.4, 0.5) is 17.2 Å². The lowest BCUT2D eigenvalue weighted by molar-refractivity contribution is 0.395. The number of aryl methyl sites for hydroxylation is 1. The highest BCUT2D eigenvalue weighted by Gasteiger charge is 2.16. The number of fused-ring (bicyclic) bond motifs is 1. The molecule has 2 N–H and O–H groups in total. The van der Waals surface area contributed by atoms with Crippen LogP contribution in [0.1, 0.15) is 5.56 Å². The standard InChI is InChI=1S/C27H25N5O4S/c1-18-4-11-22(12-5-18)37(33,34)31-20-8-6-19(7-9-20)29-26-14-15-32-27(30-26)24(17-28-32)23-13-10-21(35-2)16-25(23)36-3/h4-17,31H,1-3H3,(H,29,30). The van der Waals surface area contributed by atoms with Crippen LogP contribution in [0, 0.1) is 6.92 Å². The van der Waals surface area contributed by atoms with Crippen LogP contribution >= 0.6 is 0 Å². The van der Waals surface area contributed by atoms with Crippen molar-refractivity contribution in [3.8, 4) is 22.6 Å². The Labute approximate surface area is 214 Å². The third kappa shape index (κ3) is 5.05. The van der Waals surface area contributed by atoms with Crippen molar-refractivity contribution in [2.45, 2.75) is 11.8 Å². The molecule has 0 saturated heterocycles. The van der Waals surface area contributed by atoms with Gasteiger partial charge in [0.1, 0.15) is 17.3 Å². The van der Waals surface area contributed by atoms with Crippen LogP contribution in [0.15, 0.2) is 90.1 Å². The molecule has 37 heavy (non-hydrogen) atoms. The van der Waals surface area contributed by atoms with Crippen LogP contribution in [0.3, 0.4) is 0 Å². The maximum absolute atomic E-state index is 12.7. The minimum atomic E-state index is -3.67. The lowest BCUT2D eigenvalue weighted by Crippen LogP contribution is -2.12. The van der Waals surface area contributed by atoms with Gasteiger partial charge in [0.2, 0.25) is 0 Å². The molecule has 2 heterocycles. The van der Waals surface area contributed by atoms with E-state index in [1.165, 1.54) is 0 Å². The van der Waals surface area contributed by atoms with E-state index in [9.17, 15) is 8.42 Å². The molecule has 0 spiro atoms. The summed E-state index contributed by atoms with van der Waals surface area (Å²) in [7, 11) is -0.460. The van der Waals surface area contributed by atoms with E-state index in [1.54, 1.807) is 73.5 Å². The van der Waals surface area contributed by atoms with Crippen molar-refractivity contribution >= 4 is 32.9 Å². The van der Waals surface area contributed by atoms with Gasteiger partial charge in [-0.1, -0.05) is 17.7 Å². The highest BCUT2D eigenvalue weighted by atomic mass is 32.2. The second kappa shape index (κ2) is 9.82. The largest absolute Gasteiger partial charge is 0.497 e. The van der Waals surface area contributed by atoms with Crippen LogP contribution < -0.4 is 19.5 Å². The Morgan fingerprint density at radius 2 is 1.57 bits per heavy atom. The Kier molecular flexibility index (Phi) is 6.41. The number of hydrogen-bond acceptors (Lipinski definition) is 7. The zero-order valence-corrected chi connectivity index (χ0v) is 21.3. The van der Waals surface area contributed by atoms with Crippen molar-refractivity contribution in [3.63, 3.8) is 0 Å². The number of ether oxygens (including phenoxy) is 2. The summed E-state index contributed by atoms with van der Waals surface area (Å²) in [5, 5.41) is 7.67. The highest BCUT2D eigenvalue weighted by Crippen LogP contribution is 2.35. The Bertz CT molecular complexity index is 1660. The quantitative estimate of drug-likeness (QED) is 0.290. The first-order chi connectivity index (χ1) is 17.9. The number of nitrogens with zero attached hydrogens (tertiary/aromatic N) is 3. The van der Waals surface area contributed by atoms with Crippen molar-refractivity contribution in [1.29, 1.82) is 0 Å². The summed E-state index contributed by atoms with van der Waals surface area (Å²) >= 11 is 0. The van der Waals surface area contributed by atoms with Crippen molar-refractivity contribution < 1.29 is 17.9 Å². The smallest absolute Gasteiger partial charge is 0.261 e. The molecule has 0 atom stereocenters. The van der Waals surface area contributed by atoms with E-state index in [0.29, 0.717) is 28.7 Å². The molecule has 0 saturated carbocycles. The van der Waals surface area contributed by atoms with E-state index in [1.807, 2.05) is 37.4 Å². The van der Waals surface area contributed by atoms with Gasteiger partial charge in [-0.25, -0.2) is 17.9 Å². The van der Waals surface area contributed by atoms with E-state index >= 15 is 0 Å². The molecule has 5 aromatic rings. The highest BCUT2D eigenvalue weighted by molar-refractivity contribution is 7.92. The number of benzene rings is 3. The summed E-state index contributed by atoms with van der Waals surface area (Å²) in [5.41, 5.74) is 4.50. The molecule has 0 aliphatic carbocycles. The number of nitrogens with one attached hydrogen (secondary N) is 2. The minimum Gasteiger partial charge on any atom is -0.497 e. The molecule has 9 nitrogen and oxygen atoms in total. The molecule has 188 valence electrons. The number of aromatic nitrogens is 3. The zero-order valence-electron chi connectivity index (χ0n) is 20.5. The van der Waals surface area contributed by atoms with E-state index in [0.717, 1.165) is 22.4 Å². The molecule has 0 fully saturated rings. The van der Waals surface area contributed by atoms with Crippen molar-refractivity contribution in [2.75, 3.05) is 24.3 Å². The lowest BCUT2D eigenvalue weighted by atomic mass is 10.1. The molecular weight excluding hydrogens is 490 g/mol. The predicted molar refractivity (Wildman–Crippen MR) is 143 cm³/mol. The topological polar surface area (TPSA) is 107 Å². The van der Waals surface area contributed by atoms with Gasteiger partial charge in [-0.05, 0) is 61.5 Å². The third-order valence-electron chi connectivity index (χ3n) is 5.81. The van der Waals surface area contributed by atoms with E-state index in [4.69, 9.17) is 14.5 Å². The number of hydrogen-bond donors (Lipinski definition) is 2. The van der Waals surface area contributed by atoms with Crippen LogP contribution in [-0.4, -0.2) is 37.2 Å². The van der Waals surface area contributed by atoms with Crippen molar-refractivity contribution in [2.24, 2.45) is 0 Å². The van der Waals surface area contributed by atoms with Crippen LogP contribution in [0.5, 0.6) is 11.5 Å². The second-order valence-corrected chi connectivity index (χ2v) is 10.0. The molecule has 0 bridgehead atoms. The van der Waals surface area contributed by atoms with Gasteiger partial charge in [-0.2, -0.15) is 5.10 Å². The van der Waals surface area contributed by atoms with Gasteiger partial charge in [0, 0.05) is 29.2 Å². The summed E-state index contributed by atoms with van der Waals surface area (Å²) in [6.45, 7) is 1.91. The maximum Gasteiger partial charge on any atom is 0.261 e. The molecule has 0 aliphatic heterocycles. The third-order valence-corrected chi connectivity index (χ3v) is 7.21. The van der Waals surface area contributed by atoms with Gasteiger partial charge in [0.15, 0.2) is 5.65 Å². The van der Waals surface area contributed by atoms with E-state index in [2.05, 4.69) is 15.1 Å². The predicted octanol–water partition coefficient (Wildman–Crippen LogP) is 5.27. The fourth-order valence-electron chi connectivity index (χ4n) is 3.85. The number of rotatable bonds is 8. The van der Waals surface area contributed by atoms with E-state index in [-0.39, 0.29) is 4.90 Å². The molecule has 0 radical (unpaired) electrons. The molecule has 0 unspecified atom stereocenters. The average molecular weight is 516 g/mol. The number of anilines is 3. The van der Waals surface area contributed by atoms with Crippen LogP contribution in [-0.2, 0) is 10.0 Å². The Morgan fingerprint density at radius 1 is 0.838 bits per heavy atom. The summed E-state index contributed by atoms with van der Waals surface area (Å²) in [6, 6.07) is 21.0. The Balaban J connectivity index is 1.37. The van der Waals surface area contributed by atoms with Crippen molar-refractivity contribution in [1.82, 2.24) is 14.6 Å². The van der Waals surface area contributed by atoms with Crippen molar-refractivity contribution in [3.05, 3.63) is 90.8 Å².